The highest BCUT2D eigenvalue weighted by atomic mass is 16.8. The van der Waals surface area contributed by atoms with E-state index in [1.54, 1.807) is 6.92 Å². The second kappa shape index (κ2) is 3.90. The summed E-state index contributed by atoms with van der Waals surface area (Å²) in [5.74, 6) is 0. The Morgan fingerprint density at radius 2 is 1.75 bits per heavy atom. The topological polar surface area (TPSA) is 66.4 Å². The summed E-state index contributed by atoms with van der Waals surface area (Å²) in [6, 6.07) is 0. The normalized spacial score (nSPS) is 56.8. The molecule has 0 aromatic carbocycles. The van der Waals surface area contributed by atoms with Gasteiger partial charge in [-0.2, -0.15) is 0 Å². The SMILES string of the molecule is CC1OCC(C2OC3OC(C)OC3C2O)O1. The Morgan fingerprint density at radius 3 is 2.38 bits per heavy atom. The van der Waals surface area contributed by atoms with Gasteiger partial charge in [-0.25, -0.2) is 0 Å². The first-order valence-electron chi connectivity index (χ1n) is 5.56. The molecule has 3 aliphatic heterocycles. The quantitative estimate of drug-likeness (QED) is 0.663. The van der Waals surface area contributed by atoms with Gasteiger partial charge >= 0.3 is 0 Å². The minimum atomic E-state index is -0.728. The molecule has 0 aliphatic carbocycles. The molecule has 3 fully saturated rings. The summed E-state index contributed by atoms with van der Waals surface area (Å²) in [7, 11) is 0. The minimum absolute atomic E-state index is 0.248. The number of fused-ring (bicyclic) bond motifs is 1. The van der Waals surface area contributed by atoms with Gasteiger partial charge in [-0.1, -0.05) is 0 Å². The van der Waals surface area contributed by atoms with Crippen LogP contribution in [-0.2, 0) is 23.7 Å². The zero-order chi connectivity index (χ0) is 11.3. The van der Waals surface area contributed by atoms with Crippen LogP contribution in [-0.4, -0.2) is 55.0 Å². The molecule has 3 heterocycles. The fourth-order valence-electron chi connectivity index (χ4n) is 2.39. The second-order valence-corrected chi connectivity index (χ2v) is 4.34. The van der Waals surface area contributed by atoms with E-state index in [0.29, 0.717) is 6.61 Å². The van der Waals surface area contributed by atoms with Crippen LogP contribution in [0.5, 0.6) is 0 Å². The fourth-order valence-corrected chi connectivity index (χ4v) is 2.39. The predicted molar refractivity (Wildman–Crippen MR) is 50.4 cm³/mol. The highest BCUT2D eigenvalue weighted by molar-refractivity contribution is 4.95. The molecule has 7 unspecified atom stereocenters. The monoisotopic (exact) mass is 232 g/mol. The Kier molecular flexibility index (Phi) is 2.66. The molecule has 3 aliphatic rings. The molecule has 3 rings (SSSR count). The van der Waals surface area contributed by atoms with Crippen LogP contribution in [0.2, 0.25) is 0 Å². The first-order chi connectivity index (χ1) is 7.65. The standard InChI is InChI=1S/C10H16O6/c1-4-12-3-6(13-4)8-7(11)9-10(16-8)15-5(2)14-9/h4-11H,3H2,1-2H3. The van der Waals surface area contributed by atoms with Crippen LogP contribution in [0.15, 0.2) is 0 Å². The molecule has 16 heavy (non-hydrogen) atoms. The summed E-state index contributed by atoms with van der Waals surface area (Å²) in [4.78, 5) is 0. The Morgan fingerprint density at radius 1 is 0.938 bits per heavy atom. The van der Waals surface area contributed by atoms with Crippen molar-refractivity contribution in [2.24, 2.45) is 0 Å². The van der Waals surface area contributed by atoms with Crippen molar-refractivity contribution >= 4 is 0 Å². The van der Waals surface area contributed by atoms with Crippen molar-refractivity contribution in [1.29, 1.82) is 0 Å². The third-order valence-corrected chi connectivity index (χ3v) is 3.14. The first-order valence-corrected chi connectivity index (χ1v) is 5.56. The van der Waals surface area contributed by atoms with E-state index in [-0.39, 0.29) is 18.7 Å². The lowest BCUT2D eigenvalue weighted by atomic mass is 10.1. The van der Waals surface area contributed by atoms with Crippen LogP contribution in [0.1, 0.15) is 13.8 Å². The zero-order valence-electron chi connectivity index (χ0n) is 9.24. The molecule has 1 N–H and O–H groups in total. The van der Waals surface area contributed by atoms with Gasteiger partial charge in [0.15, 0.2) is 18.9 Å². The number of aliphatic hydroxyl groups excluding tert-OH is 1. The van der Waals surface area contributed by atoms with Crippen LogP contribution in [0.3, 0.4) is 0 Å². The molecule has 0 spiro atoms. The maximum atomic E-state index is 10.1. The van der Waals surface area contributed by atoms with E-state index in [2.05, 4.69) is 0 Å². The van der Waals surface area contributed by atoms with Crippen molar-refractivity contribution < 1.29 is 28.8 Å². The molecule has 0 aromatic heterocycles. The van der Waals surface area contributed by atoms with E-state index < -0.39 is 24.6 Å². The van der Waals surface area contributed by atoms with Crippen molar-refractivity contribution in [2.75, 3.05) is 6.61 Å². The van der Waals surface area contributed by atoms with E-state index in [1.165, 1.54) is 0 Å². The van der Waals surface area contributed by atoms with Gasteiger partial charge in [0.25, 0.3) is 0 Å². The zero-order valence-corrected chi connectivity index (χ0v) is 9.24. The number of hydrogen-bond acceptors (Lipinski definition) is 6. The van der Waals surface area contributed by atoms with Gasteiger partial charge < -0.3 is 28.8 Å². The number of aliphatic hydroxyl groups is 1. The summed E-state index contributed by atoms with van der Waals surface area (Å²) in [6.07, 6.45) is -2.90. The highest BCUT2D eigenvalue weighted by Crippen LogP contribution is 2.35. The van der Waals surface area contributed by atoms with E-state index in [4.69, 9.17) is 23.7 Å². The van der Waals surface area contributed by atoms with Crippen LogP contribution < -0.4 is 0 Å². The second-order valence-electron chi connectivity index (χ2n) is 4.34. The number of hydrogen-bond donors (Lipinski definition) is 1. The molecule has 6 heteroatoms. The maximum Gasteiger partial charge on any atom is 0.190 e. The third-order valence-electron chi connectivity index (χ3n) is 3.14. The van der Waals surface area contributed by atoms with E-state index in [1.807, 2.05) is 6.92 Å². The van der Waals surface area contributed by atoms with Gasteiger partial charge in [-0.15, -0.1) is 0 Å². The number of ether oxygens (including phenoxy) is 5. The van der Waals surface area contributed by atoms with Crippen LogP contribution in [0.25, 0.3) is 0 Å². The van der Waals surface area contributed by atoms with Crippen molar-refractivity contribution in [1.82, 2.24) is 0 Å². The van der Waals surface area contributed by atoms with Gasteiger partial charge in [0.05, 0.1) is 6.61 Å². The molecule has 0 amide bonds. The van der Waals surface area contributed by atoms with Crippen LogP contribution in [0, 0.1) is 0 Å². The Hall–Kier alpha value is -0.240. The van der Waals surface area contributed by atoms with E-state index >= 15 is 0 Å². The minimum Gasteiger partial charge on any atom is -0.387 e. The smallest absolute Gasteiger partial charge is 0.190 e. The van der Waals surface area contributed by atoms with Crippen LogP contribution >= 0.6 is 0 Å². The largest absolute Gasteiger partial charge is 0.387 e. The molecule has 6 nitrogen and oxygen atoms in total. The Labute approximate surface area is 93.4 Å². The Balaban J connectivity index is 1.67. The van der Waals surface area contributed by atoms with Crippen molar-refractivity contribution in [3.05, 3.63) is 0 Å². The van der Waals surface area contributed by atoms with Crippen molar-refractivity contribution in [3.63, 3.8) is 0 Å². The predicted octanol–water partition coefficient (Wildman–Crippen LogP) is -0.405. The molecular formula is C10H16O6. The molecule has 92 valence electrons. The van der Waals surface area contributed by atoms with E-state index in [0.717, 1.165) is 0 Å². The lowest BCUT2D eigenvalue weighted by Gasteiger charge is -2.21. The molecule has 7 atom stereocenters. The maximum absolute atomic E-state index is 10.1. The molecular weight excluding hydrogens is 216 g/mol. The summed E-state index contributed by atoms with van der Waals surface area (Å²) in [5.41, 5.74) is 0. The summed E-state index contributed by atoms with van der Waals surface area (Å²) < 4.78 is 27.2. The molecule has 0 radical (unpaired) electrons. The number of rotatable bonds is 1. The van der Waals surface area contributed by atoms with Crippen molar-refractivity contribution in [2.45, 2.75) is 57.1 Å². The lowest BCUT2D eigenvalue weighted by Crippen LogP contribution is -2.40. The lowest BCUT2D eigenvalue weighted by molar-refractivity contribution is -0.184. The summed E-state index contributed by atoms with van der Waals surface area (Å²) in [5, 5.41) is 10.1. The molecule has 0 saturated carbocycles. The highest BCUT2D eigenvalue weighted by Gasteiger charge is 2.54. The summed E-state index contributed by atoms with van der Waals surface area (Å²) >= 11 is 0. The average Bonchev–Trinajstić information content (AvgIpc) is 2.85. The van der Waals surface area contributed by atoms with Gasteiger partial charge in [-0.05, 0) is 13.8 Å². The average molecular weight is 232 g/mol. The summed E-state index contributed by atoms with van der Waals surface area (Å²) in [6.45, 7) is 4.02. The third kappa shape index (κ3) is 1.66. The molecule has 3 saturated heterocycles. The van der Waals surface area contributed by atoms with E-state index in [9.17, 15) is 5.11 Å². The first kappa shape index (κ1) is 10.9. The van der Waals surface area contributed by atoms with Gasteiger partial charge in [0.2, 0.25) is 0 Å². The molecule has 0 aromatic rings. The van der Waals surface area contributed by atoms with Crippen molar-refractivity contribution in [3.8, 4) is 0 Å². The fraction of sp³-hybridized carbons (Fsp3) is 1.00. The van der Waals surface area contributed by atoms with Gasteiger partial charge in [-0.3, -0.25) is 0 Å². The van der Waals surface area contributed by atoms with Crippen LogP contribution in [0.4, 0.5) is 0 Å². The van der Waals surface area contributed by atoms with Gasteiger partial charge in [0, 0.05) is 0 Å². The van der Waals surface area contributed by atoms with Gasteiger partial charge in [0.1, 0.15) is 24.4 Å². The Bertz CT molecular complexity index is 272. The molecule has 0 bridgehead atoms.